The number of hydrogen-bond acceptors (Lipinski definition) is 6. The standard InChI is InChI=1S/C14H24O6/c1-13(2,7-15)9-19-11(17)5-6-12(18)20-10-14(3,4)8-16/h5-6,15-16H,7-10H2,1-4H3/b6-5+. The fourth-order valence-electron chi connectivity index (χ4n) is 0.857. The van der Waals surface area contributed by atoms with Gasteiger partial charge in [0.25, 0.3) is 0 Å². The minimum Gasteiger partial charge on any atom is -0.462 e. The van der Waals surface area contributed by atoms with Crippen LogP contribution in [0.1, 0.15) is 27.7 Å². The molecule has 0 unspecified atom stereocenters. The van der Waals surface area contributed by atoms with Crippen LogP contribution in [0.15, 0.2) is 12.2 Å². The summed E-state index contributed by atoms with van der Waals surface area (Å²) in [7, 11) is 0. The van der Waals surface area contributed by atoms with Gasteiger partial charge in [-0.05, 0) is 0 Å². The molecule has 2 N–H and O–H groups in total. The van der Waals surface area contributed by atoms with E-state index in [4.69, 9.17) is 19.7 Å². The molecule has 0 amide bonds. The van der Waals surface area contributed by atoms with Crippen molar-refractivity contribution in [3.8, 4) is 0 Å². The summed E-state index contributed by atoms with van der Waals surface area (Å²) >= 11 is 0. The fraction of sp³-hybridized carbons (Fsp3) is 0.714. The van der Waals surface area contributed by atoms with E-state index in [2.05, 4.69) is 0 Å². The molecule has 20 heavy (non-hydrogen) atoms. The van der Waals surface area contributed by atoms with E-state index in [0.29, 0.717) is 0 Å². The monoisotopic (exact) mass is 288 g/mol. The van der Waals surface area contributed by atoms with Gasteiger partial charge >= 0.3 is 11.9 Å². The van der Waals surface area contributed by atoms with Gasteiger partial charge < -0.3 is 19.7 Å². The van der Waals surface area contributed by atoms with Gasteiger partial charge in [0.2, 0.25) is 0 Å². The first-order valence-corrected chi connectivity index (χ1v) is 6.35. The van der Waals surface area contributed by atoms with Crippen molar-refractivity contribution in [1.29, 1.82) is 0 Å². The predicted molar refractivity (Wildman–Crippen MR) is 72.8 cm³/mol. The first-order chi connectivity index (χ1) is 9.12. The Morgan fingerprint density at radius 2 is 1.15 bits per heavy atom. The first kappa shape index (κ1) is 18.6. The third-order valence-electron chi connectivity index (χ3n) is 2.42. The topological polar surface area (TPSA) is 93.1 Å². The van der Waals surface area contributed by atoms with Gasteiger partial charge in [-0.15, -0.1) is 0 Å². The van der Waals surface area contributed by atoms with Crippen LogP contribution in [0.2, 0.25) is 0 Å². The van der Waals surface area contributed by atoms with Crippen molar-refractivity contribution in [3.63, 3.8) is 0 Å². The van der Waals surface area contributed by atoms with Crippen LogP contribution in [-0.4, -0.2) is 48.6 Å². The zero-order valence-electron chi connectivity index (χ0n) is 12.5. The maximum atomic E-state index is 11.3. The number of carbonyl (C=O) groups excluding carboxylic acids is 2. The molecule has 0 heterocycles. The first-order valence-electron chi connectivity index (χ1n) is 6.35. The van der Waals surface area contributed by atoms with Crippen LogP contribution in [-0.2, 0) is 19.1 Å². The van der Waals surface area contributed by atoms with Crippen LogP contribution in [0.4, 0.5) is 0 Å². The molecule has 0 bridgehead atoms. The molecule has 0 atom stereocenters. The third kappa shape index (κ3) is 8.66. The van der Waals surface area contributed by atoms with Crippen LogP contribution >= 0.6 is 0 Å². The summed E-state index contributed by atoms with van der Waals surface area (Å²) < 4.78 is 9.76. The Labute approximate surface area is 119 Å². The van der Waals surface area contributed by atoms with Gasteiger partial charge in [-0.3, -0.25) is 0 Å². The van der Waals surface area contributed by atoms with Gasteiger partial charge in [0.15, 0.2) is 0 Å². The number of aliphatic hydroxyl groups excluding tert-OH is 2. The second-order valence-corrected chi connectivity index (χ2v) is 6.19. The number of aliphatic hydroxyl groups is 2. The second kappa shape index (κ2) is 8.01. The van der Waals surface area contributed by atoms with Crippen LogP contribution in [0, 0.1) is 10.8 Å². The Balaban J connectivity index is 4.10. The van der Waals surface area contributed by atoms with E-state index in [1.165, 1.54) is 0 Å². The second-order valence-electron chi connectivity index (χ2n) is 6.19. The molecule has 6 nitrogen and oxygen atoms in total. The molecule has 0 saturated carbocycles. The molecular formula is C14H24O6. The molecule has 0 rings (SSSR count). The summed E-state index contributed by atoms with van der Waals surface area (Å²) in [6.45, 7) is 6.87. The number of carbonyl (C=O) groups is 2. The number of esters is 2. The molecular weight excluding hydrogens is 264 g/mol. The zero-order valence-corrected chi connectivity index (χ0v) is 12.5. The summed E-state index contributed by atoms with van der Waals surface area (Å²) in [4.78, 5) is 22.7. The molecule has 0 saturated heterocycles. The average molecular weight is 288 g/mol. The fourth-order valence-corrected chi connectivity index (χ4v) is 0.857. The minimum atomic E-state index is -0.676. The Bertz CT molecular complexity index is 323. The van der Waals surface area contributed by atoms with Gasteiger partial charge in [-0.25, -0.2) is 9.59 Å². The van der Waals surface area contributed by atoms with Crippen LogP contribution < -0.4 is 0 Å². The smallest absolute Gasteiger partial charge is 0.331 e. The third-order valence-corrected chi connectivity index (χ3v) is 2.42. The van der Waals surface area contributed by atoms with Crippen LogP contribution in [0.3, 0.4) is 0 Å². The summed E-state index contributed by atoms with van der Waals surface area (Å²) in [5.74, 6) is -1.35. The molecule has 0 aliphatic heterocycles. The molecule has 0 spiro atoms. The largest absolute Gasteiger partial charge is 0.462 e. The number of ether oxygens (including phenoxy) is 2. The molecule has 6 heteroatoms. The lowest BCUT2D eigenvalue weighted by molar-refractivity contribution is -0.144. The Morgan fingerprint density at radius 1 is 0.850 bits per heavy atom. The molecule has 0 radical (unpaired) electrons. The van der Waals surface area contributed by atoms with Crippen LogP contribution in [0.25, 0.3) is 0 Å². The highest BCUT2D eigenvalue weighted by Gasteiger charge is 2.19. The Morgan fingerprint density at radius 3 is 1.40 bits per heavy atom. The lowest BCUT2D eigenvalue weighted by atomic mass is 9.96. The van der Waals surface area contributed by atoms with Crippen molar-refractivity contribution in [2.75, 3.05) is 26.4 Å². The van der Waals surface area contributed by atoms with E-state index in [0.717, 1.165) is 12.2 Å². The molecule has 0 aliphatic rings. The molecule has 0 aromatic rings. The average Bonchev–Trinajstić information content (AvgIpc) is 2.40. The van der Waals surface area contributed by atoms with E-state index in [9.17, 15) is 9.59 Å². The lowest BCUT2D eigenvalue weighted by Gasteiger charge is -2.20. The minimum absolute atomic E-state index is 0.0548. The highest BCUT2D eigenvalue weighted by Crippen LogP contribution is 2.14. The number of hydrogen-bond donors (Lipinski definition) is 2. The summed E-state index contributed by atoms with van der Waals surface area (Å²) in [5, 5.41) is 18.0. The van der Waals surface area contributed by atoms with Crippen molar-refractivity contribution < 1.29 is 29.3 Å². The number of rotatable bonds is 8. The van der Waals surface area contributed by atoms with Gasteiger partial charge in [0, 0.05) is 23.0 Å². The van der Waals surface area contributed by atoms with Gasteiger partial charge in [-0.2, -0.15) is 0 Å². The summed E-state index contributed by atoms with van der Waals surface area (Å²) in [5.41, 5.74) is -1.04. The van der Waals surface area contributed by atoms with Crippen molar-refractivity contribution >= 4 is 11.9 Å². The highest BCUT2D eigenvalue weighted by molar-refractivity contribution is 5.91. The lowest BCUT2D eigenvalue weighted by Crippen LogP contribution is -2.25. The SMILES string of the molecule is CC(C)(CO)COC(=O)/C=C/C(=O)OCC(C)(C)CO. The van der Waals surface area contributed by atoms with Crippen molar-refractivity contribution in [3.05, 3.63) is 12.2 Å². The normalized spacial score (nSPS) is 12.5. The maximum absolute atomic E-state index is 11.3. The zero-order chi connectivity index (χ0) is 15.8. The van der Waals surface area contributed by atoms with E-state index >= 15 is 0 Å². The van der Waals surface area contributed by atoms with E-state index in [-0.39, 0.29) is 26.4 Å². The van der Waals surface area contributed by atoms with Gasteiger partial charge in [-0.1, -0.05) is 27.7 Å². The van der Waals surface area contributed by atoms with Crippen LogP contribution in [0.5, 0.6) is 0 Å². The van der Waals surface area contributed by atoms with Gasteiger partial charge in [0.1, 0.15) is 0 Å². The molecule has 0 aromatic carbocycles. The van der Waals surface area contributed by atoms with Crippen molar-refractivity contribution in [2.45, 2.75) is 27.7 Å². The van der Waals surface area contributed by atoms with E-state index < -0.39 is 22.8 Å². The highest BCUT2D eigenvalue weighted by atomic mass is 16.5. The van der Waals surface area contributed by atoms with Crippen molar-refractivity contribution in [1.82, 2.24) is 0 Å². The Hall–Kier alpha value is -1.40. The predicted octanol–water partition coefficient (Wildman–Crippen LogP) is 0.666. The van der Waals surface area contributed by atoms with E-state index in [1.54, 1.807) is 27.7 Å². The summed E-state index contributed by atoms with van der Waals surface area (Å²) in [6.07, 6.45) is 1.95. The summed E-state index contributed by atoms with van der Waals surface area (Å²) in [6, 6.07) is 0. The molecule has 116 valence electrons. The quantitative estimate of drug-likeness (QED) is 0.503. The molecule has 0 aliphatic carbocycles. The van der Waals surface area contributed by atoms with Gasteiger partial charge in [0.05, 0.1) is 26.4 Å². The molecule has 0 aromatic heterocycles. The Kier molecular flexibility index (Phi) is 7.45. The molecule has 0 fully saturated rings. The van der Waals surface area contributed by atoms with E-state index in [1.807, 2.05) is 0 Å². The maximum Gasteiger partial charge on any atom is 0.331 e. The van der Waals surface area contributed by atoms with Crippen molar-refractivity contribution in [2.24, 2.45) is 10.8 Å².